The number of fused-ring (bicyclic) bond motifs is 3. The molecule has 0 amide bonds. The summed E-state index contributed by atoms with van der Waals surface area (Å²) in [6.45, 7) is 1.08. The van der Waals surface area contributed by atoms with E-state index in [1.807, 2.05) is 12.1 Å². The van der Waals surface area contributed by atoms with Gasteiger partial charge in [-0.2, -0.15) is 4.72 Å². The van der Waals surface area contributed by atoms with Gasteiger partial charge in [-0.1, -0.05) is 17.3 Å². The summed E-state index contributed by atoms with van der Waals surface area (Å²) in [5.41, 5.74) is 7.97. The molecule has 1 aromatic heterocycles. The third-order valence-electron chi connectivity index (χ3n) is 4.75. The van der Waals surface area contributed by atoms with Gasteiger partial charge in [-0.25, -0.2) is 0 Å². The molecule has 2 aromatic carbocycles. The van der Waals surface area contributed by atoms with E-state index in [-0.39, 0.29) is 0 Å². The number of aliphatic imine (C=N–C) groups is 1. The molecule has 2 heterocycles. The molecule has 0 saturated heterocycles. The van der Waals surface area contributed by atoms with Crippen molar-refractivity contribution in [2.24, 2.45) is 10.7 Å². The molecular weight excluding hydrogens is 404 g/mol. The van der Waals surface area contributed by atoms with Gasteiger partial charge in [-0.3, -0.25) is 4.99 Å². The van der Waals surface area contributed by atoms with Crippen LogP contribution in [-0.2, 0) is 24.3 Å². The zero-order chi connectivity index (χ0) is 20.9. The van der Waals surface area contributed by atoms with Crippen LogP contribution in [0.2, 0.25) is 0 Å². The van der Waals surface area contributed by atoms with E-state index < -0.39 is 11.4 Å². The summed E-state index contributed by atoms with van der Waals surface area (Å²) >= 11 is -1.59. The van der Waals surface area contributed by atoms with Crippen molar-refractivity contribution in [3.8, 4) is 11.5 Å². The second-order valence-corrected chi connectivity index (χ2v) is 7.78. The molecule has 0 bridgehead atoms. The molecule has 156 valence electrons. The topological polar surface area (TPSA) is 118 Å². The number of nitrogens with one attached hydrogen (secondary N) is 1. The highest BCUT2D eigenvalue weighted by atomic mass is 32.2. The quantitative estimate of drug-likeness (QED) is 0.439. The molecule has 30 heavy (non-hydrogen) atoms. The third-order valence-corrected chi connectivity index (χ3v) is 5.87. The number of hydrogen-bond donors (Lipinski definition) is 2. The number of allylic oxidation sites excluding steroid dienone is 1. The van der Waals surface area contributed by atoms with Crippen LogP contribution in [0.5, 0.6) is 11.5 Å². The fraction of sp³-hybridized carbons (Fsp3) is 0.238. The molecule has 3 N–H and O–H groups in total. The summed E-state index contributed by atoms with van der Waals surface area (Å²) in [5, 5.41) is 4.79. The van der Waals surface area contributed by atoms with Crippen molar-refractivity contribution >= 4 is 34.4 Å². The lowest BCUT2D eigenvalue weighted by Gasteiger charge is -2.21. The number of benzene rings is 2. The molecule has 9 heteroatoms. The lowest BCUT2D eigenvalue weighted by atomic mass is 9.97. The summed E-state index contributed by atoms with van der Waals surface area (Å²) in [6, 6.07) is 9.03. The number of rotatable bonds is 7. The van der Waals surface area contributed by atoms with Crippen LogP contribution >= 0.6 is 0 Å². The minimum absolute atomic E-state index is 0.369. The number of hydrogen-bond acceptors (Lipinski definition) is 8. The Labute approximate surface area is 177 Å². The maximum absolute atomic E-state index is 12.9. The maximum Gasteiger partial charge on any atom is 0.224 e. The van der Waals surface area contributed by atoms with Gasteiger partial charge in [0.25, 0.3) is 0 Å². The van der Waals surface area contributed by atoms with E-state index in [4.69, 9.17) is 19.7 Å². The zero-order valence-electron chi connectivity index (χ0n) is 16.5. The molecule has 1 aliphatic rings. The Hall–Kier alpha value is -3.17. The lowest BCUT2D eigenvalue weighted by Crippen LogP contribution is -2.15. The molecule has 1 unspecified atom stereocenters. The van der Waals surface area contributed by atoms with Crippen molar-refractivity contribution in [2.45, 2.75) is 24.3 Å². The minimum Gasteiger partial charge on any atom is -0.588 e. The maximum atomic E-state index is 12.9. The Kier molecular flexibility index (Phi) is 6.10. The molecule has 3 aromatic rings. The van der Waals surface area contributed by atoms with E-state index in [1.165, 1.54) is 6.20 Å². The smallest absolute Gasteiger partial charge is 0.224 e. The van der Waals surface area contributed by atoms with Gasteiger partial charge in [-0.15, -0.1) is 0 Å². The van der Waals surface area contributed by atoms with Gasteiger partial charge >= 0.3 is 0 Å². The van der Waals surface area contributed by atoms with Crippen LogP contribution in [0.1, 0.15) is 17.5 Å². The molecule has 1 aliphatic heterocycles. The fourth-order valence-corrected chi connectivity index (χ4v) is 4.37. The molecule has 1 atom stereocenters. The van der Waals surface area contributed by atoms with Gasteiger partial charge in [0.05, 0.1) is 20.3 Å². The highest BCUT2D eigenvalue weighted by Crippen LogP contribution is 2.41. The van der Waals surface area contributed by atoms with Gasteiger partial charge < -0.3 is 24.3 Å². The second kappa shape index (κ2) is 9.10. The first-order valence-electron chi connectivity index (χ1n) is 9.48. The van der Waals surface area contributed by atoms with Crippen LogP contribution in [0, 0.1) is 0 Å². The normalized spacial score (nSPS) is 14.7. The first-order valence-corrected chi connectivity index (χ1v) is 10.6. The van der Waals surface area contributed by atoms with E-state index in [2.05, 4.69) is 14.9 Å². The average Bonchev–Trinajstić information content (AvgIpc) is 3.19. The zero-order valence-corrected chi connectivity index (χ0v) is 17.3. The Morgan fingerprint density at radius 3 is 3.10 bits per heavy atom. The summed E-state index contributed by atoms with van der Waals surface area (Å²) in [7, 11) is 1.54. The molecular formula is C21H22N4O4S. The Morgan fingerprint density at radius 2 is 2.27 bits per heavy atom. The van der Waals surface area contributed by atoms with Crippen molar-refractivity contribution in [3.63, 3.8) is 0 Å². The number of anilines is 1. The van der Waals surface area contributed by atoms with E-state index in [0.29, 0.717) is 46.3 Å². The van der Waals surface area contributed by atoms with E-state index in [9.17, 15) is 4.55 Å². The minimum atomic E-state index is -1.59. The molecule has 0 spiro atoms. The van der Waals surface area contributed by atoms with Crippen LogP contribution in [0.4, 0.5) is 5.82 Å². The third kappa shape index (κ3) is 3.94. The number of para-hydroxylation sites is 1. The summed E-state index contributed by atoms with van der Waals surface area (Å²) < 4.78 is 32.7. The Morgan fingerprint density at radius 1 is 1.40 bits per heavy atom. The highest BCUT2D eigenvalue weighted by molar-refractivity contribution is 7.92. The molecule has 4 rings (SSSR count). The highest BCUT2D eigenvalue weighted by Gasteiger charge is 2.27. The molecule has 8 nitrogen and oxygen atoms in total. The van der Waals surface area contributed by atoms with Crippen molar-refractivity contribution in [1.29, 1.82) is 0 Å². The van der Waals surface area contributed by atoms with Gasteiger partial charge in [0.15, 0.2) is 11.3 Å². The summed E-state index contributed by atoms with van der Waals surface area (Å²) in [5.74, 6) is 1.61. The monoisotopic (exact) mass is 426 g/mol. The van der Waals surface area contributed by atoms with E-state index >= 15 is 0 Å². The second-order valence-electron chi connectivity index (χ2n) is 6.60. The molecule has 0 fully saturated rings. The molecule has 0 aliphatic carbocycles. The fourth-order valence-electron chi connectivity index (χ4n) is 3.41. The summed E-state index contributed by atoms with van der Waals surface area (Å²) in [4.78, 5) is 4.89. The molecule has 0 radical (unpaired) electrons. The van der Waals surface area contributed by atoms with Crippen molar-refractivity contribution in [2.75, 3.05) is 18.4 Å². The van der Waals surface area contributed by atoms with Crippen LogP contribution in [-0.4, -0.2) is 29.6 Å². The predicted octanol–water partition coefficient (Wildman–Crippen LogP) is 3.34. The van der Waals surface area contributed by atoms with Crippen molar-refractivity contribution < 1.29 is 18.5 Å². The van der Waals surface area contributed by atoms with Crippen LogP contribution < -0.4 is 19.9 Å². The number of nitrogens with zero attached hydrogens (tertiary/aromatic N) is 2. The lowest BCUT2D eigenvalue weighted by molar-refractivity contribution is 0.291. The van der Waals surface area contributed by atoms with E-state index in [0.717, 1.165) is 24.0 Å². The Balaban J connectivity index is 1.70. The van der Waals surface area contributed by atoms with Crippen LogP contribution in [0.25, 0.3) is 11.0 Å². The van der Waals surface area contributed by atoms with Gasteiger partial charge in [0.1, 0.15) is 22.5 Å². The first kappa shape index (κ1) is 20.1. The SMILES string of the molecule is COc1ccccc1[S+]([O-])Nc1noc2cc(CN=CC=CN)c3c(c12)OCCC3. The standard InChI is InChI=1S/C21H22N4O4S/c1-27-16-7-2-3-8-18(16)30(26)25-21-19-17(29-24-21)12-14(13-23-10-5-9-22)15-6-4-11-28-20(15)19/h2-3,5,7-10,12H,4,6,11,13,22H2,1H3,(H,24,25). The van der Waals surface area contributed by atoms with Gasteiger partial charge in [0, 0.05) is 11.8 Å². The van der Waals surface area contributed by atoms with Crippen molar-refractivity contribution in [3.05, 3.63) is 53.7 Å². The number of nitrogens with two attached hydrogens (primary N) is 1. The molecule has 0 saturated carbocycles. The predicted molar refractivity (Wildman–Crippen MR) is 116 cm³/mol. The summed E-state index contributed by atoms with van der Waals surface area (Å²) in [6.07, 6.45) is 6.54. The largest absolute Gasteiger partial charge is 0.588 e. The first-order chi connectivity index (χ1) is 14.7. The average molecular weight is 426 g/mol. The Bertz CT molecular complexity index is 1100. The van der Waals surface area contributed by atoms with Crippen molar-refractivity contribution in [1.82, 2.24) is 5.16 Å². The van der Waals surface area contributed by atoms with Gasteiger partial charge in [0.2, 0.25) is 10.7 Å². The van der Waals surface area contributed by atoms with Gasteiger partial charge in [-0.05, 0) is 48.9 Å². The number of methoxy groups -OCH3 is 1. The number of ether oxygens (including phenoxy) is 2. The van der Waals surface area contributed by atoms with E-state index in [1.54, 1.807) is 37.6 Å². The van der Waals surface area contributed by atoms with Crippen LogP contribution in [0.3, 0.4) is 0 Å². The van der Waals surface area contributed by atoms with Crippen LogP contribution in [0.15, 0.2) is 57.0 Å². The number of aromatic nitrogens is 1.